The predicted octanol–water partition coefficient (Wildman–Crippen LogP) is 0.620. The normalized spacial score (nSPS) is 24.3. The zero-order valence-corrected chi connectivity index (χ0v) is 10.3. The van der Waals surface area contributed by atoms with Crippen molar-refractivity contribution in [2.75, 3.05) is 20.3 Å². The number of nitrogens with one attached hydrogen (secondary N) is 2. The van der Waals surface area contributed by atoms with Gasteiger partial charge in [-0.25, -0.2) is 5.84 Å². The fourth-order valence-corrected chi connectivity index (χ4v) is 1.82. The van der Waals surface area contributed by atoms with Crippen LogP contribution in [0.2, 0.25) is 0 Å². The van der Waals surface area contributed by atoms with Crippen LogP contribution in [-0.4, -0.2) is 32.3 Å². The SMILES string of the molecule is CCCC1CC1NC(=NCCCOC)NN. The van der Waals surface area contributed by atoms with E-state index in [0.717, 1.165) is 25.5 Å². The number of hydrazine groups is 1. The number of hydrogen-bond acceptors (Lipinski definition) is 3. The Balaban J connectivity index is 2.16. The van der Waals surface area contributed by atoms with Crippen molar-refractivity contribution in [3.8, 4) is 0 Å². The molecule has 0 aliphatic heterocycles. The fraction of sp³-hybridized carbons (Fsp3) is 0.909. The van der Waals surface area contributed by atoms with Crippen LogP contribution in [0.15, 0.2) is 4.99 Å². The molecule has 1 fully saturated rings. The molecule has 0 aromatic rings. The van der Waals surface area contributed by atoms with Crippen molar-refractivity contribution < 1.29 is 4.74 Å². The average Bonchev–Trinajstić information content (AvgIpc) is 3.01. The number of methoxy groups -OCH3 is 1. The molecule has 1 aliphatic carbocycles. The van der Waals surface area contributed by atoms with Gasteiger partial charge in [0.2, 0.25) is 5.96 Å². The molecule has 0 aromatic carbocycles. The number of ether oxygens (including phenoxy) is 1. The van der Waals surface area contributed by atoms with Crippen LogP contribution in [-0.2, 0) is 4.74 Å². The van der Waals surface area contributed by atoms with Gasteiger partial charge < -0.3 is 10.1 Å². The van der Waals surface area contributed by atoms with E-state index < -0.39 is 0 Å². The minimum atomic E-state index is 0.567. The van der Waals surface area contributed by atoms with Gasteiger partial charge in [0.1, 0.15) is 0 Å². The zero-order chi connectivity index (χ0) is 11.8. The highest BCUT2D eigenvalue weighted by Gasteiger charge is 2.36. The van der Waals surface area contributed by atoms with E-state index in [1.165, 1.54) is 19.3 Å². The maximum absolute atomic E-state index is 5.41. The summed E-state index contributed by atoms with van der Waals surface area (Å²) in [6.07, 6.45) is 4.71. The van der Waals surface area contributed by atoms with Crippen molar-refractivity contribution in [3.05, 3.63) is 0 Å². The highest BCUT2D eigenvalue weighted by molar-refractivity contribution is 5.79. The molecule has 5 nitrogen and oxygen atoms in total. The van der Waals surface area contributed by atoms with Crippen molar-refractivity contribution in [1.82, 2.24) is 10.7 Å². The second-order valence-corrected chi connectivity index (χ2v) is 4.26. The predicted molar refractivity (Wildman–Crippen MR) is 66.1 cm³/mol. The zero-order valence-electron chi connectivity index (χ0n) is 10.3. The van der Waals surface area contributed by atoms with Crippen LogP contribution in [0.25, 0.3) is 0 Å². The summed E-state index contributed by atoms with van der Waals surface area (Å²) in [6, 6.07) is 0.567. The Kier molecular flexibility index (Phi) is 6.18. The molecule has 0 bridgehead atoms. The standard InChI is InChI=1S/C11H24N4O/c1-3-5-9-8-10(9)14-11(15-12)13-6-4-7-16-2/h9-10H,3-8,12H2,1-2H3,(H2,13,14,15). The first-order valence-electron chi connectivity index (χ1n) is 6.08. The van der Waals surface area contributed by atoms with Gasteiger partial charge in [0.05, 0.1) is 0 Å². The lowest BCUT2D eigenvalue weighted by Gasteiger charge is -2.08. The maximum atomic E-state index is 5.41. The summed E-state index contributed by atoms with van der Waals surface area (Å²) in [7, 11) is 1.70. The van der Waals surface area contributed by atoms with Crippen LogP contribution in [0.5, 0.6) is 0 Å². The summed E-state index contributed by atoms with van der Waals surface area (Å²) >= 11 is 0. The van der Waals surface area contributed by atoms with Crippen LogP contribution in [0.4, 0.5) is 0 Å². The average molecular weight is 228 g/mol. The number of nitrogens with two attached hydrogens (primary N) is 1. The Morgan fingerprint density at radius 1 is 1.56 bits per heavy atom. The Morgan fingerprint density at radius 2 is 2.38 bits per heavy atom. The van der Waals surface area contributed by atoms with Crippen LogP contribution >= 0.6 is 0 Å². The Bertz CT molecular complexity index is 220. The number of guanidine groups is 1. The molecule has 1 saturated carbocycles. The summed E-state index contributed by atoms with van der Waals surface area (Å²) in [4.78, 5) is 4.34. The molecule has 4 N–H and O–H groups in total. The van der Waals surface area contributed by atoms with Gasteiger partial charge in [0.15, 0.2) is 0 Å². The summed E-state index contributed by atoms with van der Waals surface area (Å²) in [5, 5.41) is 3.33. The third-order valence-electron chi connectivity index (χ3n) is 2.82. The van der Waals surface area contributed by atoms with Gasteiger partial charge in [0, 0.05) is 26.3 Å². The third-order valence-corrected chi connectivity index (χ3v) is 2.82. The van der Waals surface area contributed by atoms with Crippen molar-refractivity contribution >= 4 is 5.96 Å². The van der Waals surface area contributed by atoms with Gasteiger partial charge in [-0.1, -0.05) is 13.3 Å². The van der Waals surface area contributed by atoms with Crippen LogP contribution in [0, 0.1) is 5.92 Å². The Labute approximate surface area is 97.8 Å². The van der Waals surface area contributed by atoms with Gasteiger partial charge in [0.25, 0.3) is 0 Å². The summed E-state index contributed by atoms with van der Waals surface area (Å²) in [6.45, 7) is 3.70. The minimum absolute atomic E-state index is 0.567. The lowest BCUT2D eigenvalue weighted by atomic mass is 10.2. The third kappa shape index (κ3) is 4.81. The summed E-state index contributed by atoms with van der Waals surface area (Å²) < 4.78 is 4.96. The summed E-state index contributed by atoms with van der Waals surface area (Å²) in [5.41, 5.74) is 2.61. The molecule has 1 rings (SSSR count). The van der Waals surface area contributed by atoms with Gasteiger partial charge in [-0.3, -0.25) is 10.4 Å². The molecule has 2 unspecified atom stereocenters. The van der Waals surface area contributed by atoms with Crippen LogP contribution < -0.4 is 16.6 Å². The highest BCUT2D eigenvalue weighted by atomic mass is 16.5. The Morgan fingerprint density at radius 3 is 3.00 bits per heavy atom. The fourth-order valence-electron chi connectivity index (χ4n) is 1.82. The molecule has 0 saturated heterocycles. The van der Waals surface area contributed by atoms with Gasteiger partial charge in [-0.2, -0.15) is 0 Å². The molecule has 1 aliphatic rings. The first-order chi connectivity index (χ1) is 7.81. The summed E-state index contributed by atoms with van der Waals surface area (Å²) in [5.74, 6) is 6.92. The number of nitrogens with zero attached hydrogens (tertiary/aromatic N) is 1. The van der Waals surface area contributed by atoms with Crippen molar-refractivity contribution in [3.63, 3.8) is 0 Å². The lowest BCUT2D eigenvalue weighted by Crippen LogP contribution is -2.43. The van der Waals surface area contributed by atoms with E-state index in [9.17, 15) is 0 Å². The second kappa shape index (κ2) is 7.46. The molecule has 0 aromatic heterocycles. The molecule has 2 atom stereocenters. The van der Waals surface area contributed by atoms with E-state index >= 15 is 0 Å². The lowest BCUT2D eigenvalue weighted by molar-refractivity contribution is 0.197. The second-order valence-electron chi connectivity index (χ2n) is 4.26. The molecular weight excluding hydrogens is 204 g/mol. The highest BCUT2D eigenvalue weighted by Crippen LogP contribution is 2.34. The topological polar surface area (TPSA) is 71.7 Å². The van der Waals surface area contributed by atoms with Crippen molar-refractivity contribution in [2.45, 2.75) is 38.6 Å². The number of rotatable bonds is 7. The van der Waals surface area contributed by atoms with E-state index in [2.05, 4.69) is 22.7 Å². The Hall–Kier alpha value is -0.810. The number of hydrogen-bond donors (Lipinski definition) is 3. The molecule has 0 radical (unpaired) electrons. The van der Waals surface area contributed by atoms with Gasteiger partial charge in [-0.05, 0) is 25.2 Å². The molecule has 0 spiro atoms. The minimum Gasteiger partial charge on any atom is -0.385 e. The maximum Gasteiger partial charge on any atom is 0.205 e. The molecular formula is C11H24N4O. The smallest absolute Gasteiger partial charge is 0.205 e. The first kappa shape index (κ1) is 13.3. The van der Waals surface area contributed by atoms with Crippen LogP contribution in [0.3, 0.4) is 0 Å². The van der Waals surface area contributed by atoms with Gasteiger partial charge in [-0.15, -0.1) is 0 Å². The quantitative estimate of drug-likeness (QED) is 0.196. The largest absolute Gasteiger partial charge is 0.385 e. The van der Waals surface area contributed by atoms with E-state index in [1.807, 2.05) is 0 Å². The van der Waals surface area contributed by atoms with Crippen LogP contribution in [0.1, 0.15) is 32.6 Å². The van der Waals surface area contributed by atoms with E-state index in [1.54, 1.807) is 7.11 Å². The van der Waals surface area contributed by atoms with Gasteiger partial charge >= 0.3 is 0 Å². The molecule has 16 heavy (non-hydrogen) atoms. The molecule has 94 valence electrons. The van der Waals surface area contributed by atoms with Crippen molar-refractivity contribution in [1.29, 1.82) is 0 Å². The first-order valence-corrected chi connectivity index (χ1v) is 6.08. The molecule has 0 amide bonds. The molecule has 5 heteroatoms. The van der Waals surface area contributed by atoms with E-state index in [0.29, 0.717) is 12.0 Å². The number of aliphatic imine (C=N–C) groups is 1. The van der Waals surface area contributed by atoms with Crippen molar-refractivity contribution in [2.24, 2.45) is 16.8 Å². The van der Waals surface area contributed by atoms with E-state index in [-0.39, 0.29) is 0 Å². The van der Waals surface area contributed by atoms with E-state index in [4.69, 9.17) is 10.6 Å². The molecule has 0 heterocycles. The monoisotopic (exact) mass is 228 g/mol.